The van der Waals surface area contributed by atoms with Crippen LogP contribution in [0.15, 0.2) is 30.5 Å². The van der Waals surface area contributed by atoms with Gasteiger partial charge in [-0.3, -0.25) is 9.78 Å². The first-order valence-corrected chi connectivity index (χ1v) is 13.9. The SMILES string of the molecule is CC(C)(C)OCCN(CCCCc1ccc2c(n1)NCCC2)CCC(NC(=O)c1ncccc1C(F)F)C(=O)O. The summed E-state index contributed by atoms with van der Waals surface area (Å²) in [6, 6.07) is 5.40. The van der Waals surface area contributed by atoms with Crippen molar-refractivity contribution in [3.8, 4) is 0 Å². The number of aliphatic carboxylic acids is 1. The molecule has 1 unspecified atom stereocenters. The summed E-state index contributed by atoms with van der Waals surface area (Å²) < 4.78 is 32.5. The molecule has 40 heavy (non-hydrogen) atoms. The van der Waals surface area contributed by atoms with E-state index in [0.29, 0.717) is 26.2 Å². The molecule has 0 aliphatic carbocycles. The van der Waals surface area contributed by atoms with Crippen molar-refractivity contribution in [3.63, 3.8) is 0 Å². The van der Waals surface area contributed by atoms with E-state index in [9.17, 15) is 23.5 Å². The number of anilines is 1. The van der Waals surface area contributed by atoms with Crippen LogP contribution in [-0.4, -0.2) is 76.3 Å². The van der Waals surface area contributed by atoms with Gasteiger partial charge in [0.1, 0.15) is 17.6 Å². The van der Waals surface area contributed by atoms with Gasteiger partial charge in [-0.05, 0) is 89.6 Å². The minimum absolute atomic E-state index is 0.103. The second-order valence-electron chi connectivity index (χ2n) is 11.0. The highest BCUT2D eigenvalue weighted by Crippen LogP contribution is 2.22. The first kappa shape index (κ1) is 31.3. The monoisotopic (exact) mass is 561 g/mol. The Morgan fingerprint density at radius 3 is 2.70 bits per heavy atom. The number of carboxylic acids is 1. The number of aryl methyl sites for hydroxylation is 2. The number of carbonyl (C=O) groups is 2. The molecule has 1 atom stereocenters. The molecule has 0 saturated carbocycles. The van der Waals surface area contributed by atoms with Crippen LogP contribution in [0, 0.1) is 0 Å². The normalized spacial score (nSPS) is 14.1. The molecule has 0 fully saturated rings. The van der Waals surface area contributed by atoms with Gasteiger partial charge in [0.15, 0.2) is 0 Å². The molecule has 0 spiro atoms. The largest absolute Gasteiger partial charge is 0.480 e. The molecule has 2 aromatic rings. The van der Waals surface area contributed by atoms with Crippen molar-refractivity contribution in [2.75, 3.05) is 38.1 Å². The summed E-state index contributed by atoms with van der Waals surface area (Å²) >= 11 is 0. The standard InChI is InChI=1S/C29H41F2N5O4/c1-29(2,3)40-19-18-36(16-5-4-9-21-12-11-20-8-6-15-33-26(20)34-21)17-13-23(28(38)39)35-27(37)24-22(25(30)31)10-7-14-32-24/h7,10-12,14,23,25H,4-6,8-9,13,15-19H2,1-3H3,(H,33,34)(H,35,37)(H,38,39). The highest BCUT2D eigenvalue weighted by Gasteiger charge is 2.26. The lowest BCUT2D eigenvalue weighted by atomic mass is 10.1. The lowest BCUT2D eigenvalue weighted by molar-refractivity contribution is -0.139. The number of aromatic nitrogens is 2. The number of unbranched alkanes of at least 4 members (excludes halogenated alkanes) is 1. The third-order valence-corrected chi connectivity index (χ3v) is 6.68. The van der Waals surface area contributed by atoms with Gasteiger partial charge in [-0.25, -0.2) is 18.6 Å². The molecule has 9 nitrogen and oxygen atoms in total. The quantitative estimate of drug-likeness (QED) is 0.273. The van der Waals surface area contributed by atoms with Crippen LogP contribution in [0.1, 0.15) is 80.2 Å². The molecule has 0 saturated heterocycles. The molecular formula is C29H41F2N5O4. The van der Waals surface area contributed by atoms with Crippen molar-refractivity contribution < 1.29 is 28.2 Å². The van der Waals surface area contributed by atoms with Gasteiger partial charge in [0.2, 0.25) is 0 Å². The summed E-state index contributed by atoms with van der Waals surface area (Å²) in [4.78, 5) is 35.2. The molecule has 3 heterocycles. The van der Waals surface area contributed by atoms with Gasteiger partial charge in [-0.15, -0.1) is 0 Å². The van der Waals surface area contributed by atoms with Gasteiger partial charge >= 0.3 is 5.97 Å². The van der Waals surface area contributed by atoms with Crippen LogP contribution in [0.5, 0.6) is 0 Å². The molecule has 0 aromatic carbocycles. The fraction of sp³-hybridized carbons (Fsp3) is 0.586. The average Bonchev–Trinajstić information content (AvgIpc) is 2.91. The van der Waals surface area contributed by atoms with Crippen LogP contribution in [0.4, 0.5) is 14.6 Å². The smallest absolute Gasteiger partial charge is 0.326 e. The number of halogens is 2. The fourth-order valence-electron chi connectivity index (χ4n) is 4.55. The third kappa shape index (κ3) is 10.1. The van der Waals surface area contributed by atoms with E-state index < -0.39 is 35.6 Å². The number of nitrogens with zero attached hydrogens (tertiary/aromatic N) is 3. The number of amides is 1. The molecule has 0 bridgehead atoms. The molecular weight excluding hydrogens is 520 g/mol. The summed E-state index contributed by atoms with van der Waals surface area (Å²) in [6.07, 6.45) is 3.23. The van der Waals surface area contributed by atoms with E-state index in [1.165, 1.54) is 17.8 Å². The predicted octanol–water partition coefficient (Wildman–Crippen LogP) is 4.49. The molecule has 0 radical (unpaired) electrons. The van der Waals surface area contributed by atoms with Crippen molar-refractivity contribution >= 4 is 17.7 Å². The topological polar surface area (TPSA) is 117 Å². The molecule has 2 aromatic heterocycles. The van der Waals surface area contributed by atoms with Gasteiger partial charge in [0, 0.05) is 37.1 Å². The van der Waals surface area contributed by atoms with Gasteiger partial charge in [-0.2, -0.15) is 0 Å². The first-order valence-electron chi connectivity index (χ1n) is 13.9. The Morgan fingerprint density at radius 2 is 1.98 bits per heavy atom. The molecule has 3 rings (SSSR count). The minimum atomic E-state index is -2.90. The number of hydrogen-bond donors (Lipinski definition) is 3. The molecule has 1 amide bonds. The molecule has 1 aliphatic heterocycles. The van der Waals surface area contributed by atoms with E-state index in [-0.39, 0.29) is 12.0 Å². The number of carbonyl (C=O) groups excluding carboxylic acids is 1. The zero-order chi connectivity index (χ0) is 29.1. The second-order valence-corrected chi connectivity index (χ2v) is 11.0. The van der Waals surface area contributed by atoms with Crippen molar-refractivity contribution in [2.24, 2.45) is 0 Å². The second kappa shape index (κ2) is 15.0. The molecule has 1 aliphatic rings. The minimum Gasteiger partial charge on any atom is -0.480 e. The Morgan fingerprint density at radius 1 is 1.18 bits per heavy atom. The van der Waals surface area contributed by atoms with Gasteiger partial charge in [0.25, 0.3) is 12.3 Å². The van der Waals surface area contributed by atoms with E-state index in [1.807, 2.05) is 20.8 Å². The summed E-state index contributed by atoms with van der Waals surface area (Å²) in [5.41, 5.74) is 0.996. The Hall–Kier alpha value is -3.18. The average molecular weight is 562 g/mol. The van der Waals surface area contributed by atoms with Crippen LogP contribution in [0.25, 0.3) is 0 Å². The van der Waals surface area contributed by atoms with Crippen LogP contribution >= 0.6 is 0 Å². The summed E-state index contributed by atoms with van der Waals surface area (Å²) in [5, 5.41) is 15.5. The zero-order valence-electron chi connectivity index (χ0n) is 23.6. The predicted molar refractivity (Wildman–Crippen MR) is 149 cm³/mol. The van der Waals surface area contributed by atoms with E-state index in [2.05, 4.69) is 32.7 Å². The lowest BCUT2D eigenvalue weighted by Crippen LogP contribution is -2.44. The fourth-order valence-corrected chi connectivity index (χ4v) is 4.55. The summed E-state index contributed by atoms with van der Waals surface area (Å²) in [6.45, 7) is 9.02. The van der Waals surface area contributed by atoms with Crippen molar-refractivity contribution in [2.45, 2.75) is 77.4 Å². The number of ether oxygens (including phenoxy) is 1. The third-order valence-electron chi connectivity index (χ3n) is 6.68. The van der Waals surface area contributed by atoms with Crippen molar-refractivity contribution in [3.05, 3.63) is 53.0 Å². The molecule has 220 valence electrons. The zero-order valence-corrected chi connectivity index (χ0v) is 23.6. The Labute approximate surface area is 234 Å². The number of fused-ring (bicyclic) bond motifs is 1. The van der Waals surface area contributed by atoms with Crippen molar-refractivity contribution in [1.29, 1.82) is 0 Å². The van der Waals surface area contributed by atoms with Crippen LogP contribution < -0.4 is 10.6 Å². The summed E-state index contributed by atoms with van der Waals surface area (Å²) in [5.74, 6) is -1.18. The van der Waals surface area contributed by atoms with Crippen LogP contribution in [0.2, 0.25) is 0 Å². The Balaban J connectivity index is 1.56. The Bertz CT molecular complexity index is 1130. The number of nitrogens with one attached hydrogen (secondary N) is 2. The number of hydrogen-bond acceptors (Lipinski definition) is 7. The molecule has 3 N–H and O–H groups in total. The van der Waals surface area contributed by atoms with Gasteiger partial charge in [-0.1, -0.05) is 6.07 Å². The maximum absolute atomic E-state index is 13.3. The number of alkyl halides is 2. The van der Waals surface area contributed by atoms with E-state index in [4.69, 9.17) is 9.72 Å². The number of rotatable bonds is 15. The molecule has 11 heteroatoms. The summed E-state index contributed by atoms with van der Waals surface area (Å²) in [7, 11) is 0. The highest BCUT2D eigenvalue weighted by molar-refractivity contribution is 5.96. The van der Waals surface area contributed by atoms with Crippen LogP contribution in [-0.2, 0) is 22.4 Å². The number of pyridine rings is 2. The number of carboxylic acid groups (broad SMARTS) is 1. The van der Waals surface area contributed by atoms with Gasteiger partial charge < -0.3 is 25.4 Å². The first-order chi connectivity index (χ1) is 19.0. The van der Waals surface area contributed by atoms with Gasteiger partial charge in [0.05, 0.1) is 12.2 Å². The van der Waals surface area contributed by atoms with E-state index in [0.717, 1.165) is 56.2 Å². The van der Waals surface area contributed by atoms with Crippen molar-refractivity contribution in [1.82, 2.24) is 20.2 Å². The van der Waals surface area contributed by atoms with Crippen LogP contribution in [0.3, 0.4) is 0 Å². The highest BCUT2D eigenvalue weighted by atomic mass is 19.3. The van der Waals surface area contributed by atoms with E-state index >= 15 is 0 Å². The Kier molecular flexibility index (Phi) is 11.8. The lowest BCUT2D eigenvalue weighted by Gasteiger charge is -2.27. The maximum Gasteiger partial charge on any atom is 0.326 e. The maximum atomic E-state index is 13.3. The van der Waals surface area contributed by atoms with E-state index in [1.54, 1.807) is 0 Å².